The fourth-order valence-electron chi connectivity index (χ4n) is 3.81. The molecule has 0 radical (unpaired) electrons. The second-order valence-corrected chi connectivity index (χ2v) is 8.27. The molecule has 0 aliphatic heterocycles. The fourth-order valence-corrected chi connectivity index (χ4v) is 3.81. The Labute approximate surface area is 213 Å². The number of hydrogen-bond donors (Lipinski definition) is 1. The molecule has 0 unspecified atom stereocenters. The van der Waals surface area contributed by atoms with Gasteiger partial charge in [0.25, 0.3) is 5.89 Å². The second kappa shape index (κ2) is 11.0. The molecule has 0 bridgehead atoms. The van der Waals surface area contributed by atoms with Gasteiger partial charge in [0, 0.05) is 24.8 Å². The minimum absolute atomic E-state index is 0.00467. The van der Waals surface area contributed by atoms with Crippen LogP contribution < -0.4 is 14.2 Å². The van der Waals surface area contributed by atoms with Crippen LogP contribution in [0.3, 0.4) is 0 Å². The topological polar surface area (TPSA) is 105 Å². The number of aliphatic hydroxyl groups excluding tert-OH is 1. The summed E-state index contributed by atoms with van der Waals surface area (Å²) < 4.78 is 30.4. The zero-order valence-corrected chi connectivity index (χ0v) is 20.6. The van der Waals surface area contributed by atoms with Crippen molar-refractivity contribution in [2.75, 3.05) is 13.7 Å². The van der Waals surface area contributed by atoms with Crippen LogP contribution >= 0.6 is 0 Å². The molecule has 5 rings (SSSR count). The van der Waals surface area contributed by atoms with Crippen LogP contribution in [0.15, 0.2) is 82.0 Å². The Morgan fingerprint density at radius 1 is 0.973 bits per heavy atom. The average Bonchev–Trinajstić information content (AvgIpc) is 3.68. The van der Waals surface area contributed by atoms with Gasteiger partial charge in [0.05, 0.1) is 19.1 Å². The Morgan fingerprint density at radius 2 is 1.84 bits per heavy atom. The summed E-state index contributed by atoms with van der Waals surface area (Å²) in [4.78, 5) is 4.48. The molecule has 0 fully saturated rings. The van der Waals surface area contributed by atoms with Crippen LogP contribution in [0.5, 0.6) is 17.4 Å². The van der Waals surface area contributed by atoms with Gasteiger partial charge in [-0.3, -0.25) is 0 Å². The third kappa shape index (κ3) is 5.52. The first-order chi connectivity index (χ1) is 18.1. The molecule has 0 saturated carbocycles. The number of methoxy groups -OCH3 is 1. The summed E-state index contributed by atoms with van der Waals surface area (Å²) in [6.07, 6.45) is 3.90. The number of benzene rings is 2. The van der Waals surface area contributed by atoms with E-state index in [1.807, 2.05) is 61.7 Å². The summed E-state index contributed by atoms with van der Waals surface area (Å²) in [5.74, 6) is 3.25. The number of para-hydroxylation sites is 1. The van der Waals surface area contributed by atoms with Gasteiger partial charge in [0.1, 0.15) is 24.7 Å². The number of oxazole rings is 1. The van der Waals surface area contributed by atoms with E-state index >= 15 is 0 Å². The van der Waals surface area contributed by atoms with Gasteiger partial charge in [-0.15, -0.1) is 5.10 Å². The van der Waals surface area contributed by atoms with E-state index in [2.05, 4.69) is 10.1 Å². The molecule has 1 N–H and O–H groups in total. The molecule has 0 amide bonds. The molecule has 0 saturated heterocycles. The molecule has 3 heterocycles. The van der Waals surface area contributed by atoms with Gasteiger partial charge < -0.3 is 28.2 Å². The molecule has 0 aliphatic rings. The van der Waals surface area contributed by atoms with Crippen molar-refractivity contribution in [3.63, 3.8) is 0 Å². The van der Waals surface area contributed by atoms with Crippen molar-refractivity contribution in [1.82, 2.24) is 14.8 Å². The van der Waals surface area contributed by atoms with Crippen LogP contribution in [-0.4, -0.2) is 33.6 Å². The minimum Gasteiger partial charge on any atom is -0.493 e. The number of aromatic nitrogens is 3. The molecule has 9 nitrogen and oxygen atoms in total. The highest BCUT2D eigenvalue weighted by Gasteiger charge is 2.16. The number of ether oxygens (including phenoxy) is 3. The summed E-state index contributed by atoms with van der Waals surface area (Å²) in [5.41, 5.74) is 3.30. The van der Waals surface area contributed by atoms with Crippen molar-refractivity contribution in [3.05, 3.63) is 95.7 Å². The highest BCUT2D eigenvalue weighted by molar-refractivity contribution is 5.45. The summed E-state index contributed by atoms with van der Waals surface area (Å²) >= 11 is 0. The average molecular weight is 502 g/mol. The number of nitrogens with zero attached hydrogens (tertiary/aromatic N) is 3. The maximum atomic E-state index is 9.47. The van der Waals surface area contributed by atoms with Crippen molar-refractivity contribution < 1.29 is 28.2 Å². The largest absolute Gasteiger partial charge is 0.493 e. The second-order valence-electron chi connectivity index (χ2n) is 8.27. The molecule has 190 valence electrons. The monoisotopic (exact) mass is 501 g/mol. The molecular formula is C28H27N3O6. The van der Waals surface area contributed by atoms with Crippen LogP contribution in [0.4, 0.5) is 0 Å². The van der Waals surface area contributed by atoms with Crippen LogP contribution in [0.2, 0.25) is 0 Å². The van der Waals surface area contributed by atoms with E-state index in [0.717, 1.165) is 16.8 Å². The summed E-state index contributed by atoms with van der Waals surface area (Å²) in [6.45, 7) is 2.32. The lowest BCUT2D eigenvalue weighted by Gasteiger charge is -2.12. The van der Waals surface area contributed by atoms with Crippen LogP contribution in [0.25, 0.3) is 17.3 Å². The molecule has 5 aromatic rings. The molecule has 37 heavy (non-hydrogen) atoms. The van der Waals surface area contributed by atoms with Gasteiger partial charge in [0.15, 0.2) is 17.3 Å². The van der Waals surface area contributed by atoms with Gasteiger partial charge in [-0.1, -0.05) is 24.3 Å². The Hall–Kier alpha value is -4.50. The minimum atomic E-state index is 0.00467. The number of aliphatic hydroxyl groups is 1. The van der Waals surface area contributed by atoms with E-state index in [9.17, 15) is 5.11 Å². The molecular weight excluding hydrogens is 474 g/mol. The Bertz CT molecular complexity index is 1440. The smallest absolute Gasteiger partial charge is 0.263 e. The number of aryl methyl sites for hydroxylation is 1. The predicted molar refractivity (Wildman–Crippen MR) is 135 cm³/mol. The van der Waals surface area contributed by atoms with Crippen LogP contribution in [-0.2, 0) is 19.6 Å². The quantitative estimate of drug-likeness (QED) is 0.266. The first-order valence-electron chi connectivity index (χ1n) is 11.8. The van der Waals surface area contributed by atoms with E-state index in [1.165, 1.54) is 0 Å². The van der Waals surface area contributed by atoms with Crippen molar-refractivity contribution in [1.29, 1.82) is 0 Å². The lowest BCUT2D eigenvalue weighted by molar-refractivity contribution is 0.271. The van der Waals surface area contributed by atoms with Crippen molar-refractivity contribution >= 4 is 0 Å². The van der Waals surface area contributed by atoms with Crippen molar-refractivity contribution in [3.8, 4) is 34.7 Å². The normalized spacial score (nSPS) is 11.0. The van der Waals surface area contributed by atoms with E-state index in [4.69, 9.17) is 23.0 Å². The lowest BCUT2D eigenvalue weighted by atomic mass is 10.2. The zero-order valence-electron chi connectivity index (χ0n) is 20.6. The van der Waals surface area contributed by atoms with Crippen LogP contribution in [0, 0.1) is 6.92 Å². The van der Waals surface area contributed by atoms with Gasteiger partial charge >= 0.3 is 0 Å². The van der Waals surface area contributed by atoms with E-state index < -0.39 is 0 Å². The van der Waals surface area contributed by atoms with Gasteiger partial charge in [-0.25, -0.2) is 9.67 Å². The molecule has 0 spiro atoms. The standard InChI is InChI=1S/C28H27N3O6/c1-19-23(29-28(37-19)25-9-6-14-34-25)18-35-24-11-10-20(15-26(24)33-2)17-36-27-21(12-13-32)16-31(30-27)22-7-4-3-5-8-22/h3-11,14-16,32H,12-13,17-18H2,1-2H3. The number of rotatable bonds is 11. The van der Waals surface area contributed by atoms with Crippen molar-refractivity contribution in [2.24, 2.45) is 0 Å². The van der Waals surface area contributed by atoms with Gasteiger partial charge in [-0.2, -0.15) is 0 Å². The third-order valence-corrected chi connectivity index (χ3v) is 5.75. The van der Waals surface area contributed by atoms with Crippen molar-refractivity contribution in [2.45, 2.75) is 26.6 Å². The molecule has 0 atom stereocenters. The van der Waals surface area contributed by atoms with E-state index in [1.54, 1.807) is 30.2 Å². The highest BCUT2D eigenvalue weighted by Crippen LogP contribution is 2.31. The lowest BCUT2D eigenvalue weighted by Crippen LogP contribution is -2.02. The molecule has 0 aliphatic carbocycles. The SMILES string of the molecule is COc1cc(COc2nn(-c3ccccc3)cc2CCO)ccc1OCc1nc(-c2ccco2)oc1C. The third-order valence-electron chi connectivity index (χ3n) is 5.75. The fraction of sp³-hybridized carbons (Fsp3) is 0.214. The van der Waals surface area contributed by atoms with E-state index in [0.29, 0.717) is 46.9 Å². The summed E-state index contributed by atoms with van der Waals surface area (Å²) in [5, 5.41) is 14.0. The summed E-state index contributed by atoms with van der Waals surface area (Å²) in [7, 11) is 1.59. The zero-order chi connectivity index (χ0) is 25.6. The highest BCUT2D eigenvalue weighted by atomic mass is 16.5. The maximum Gasteiger partial charge on any atom is 0.263 e. The van der Waals surface area contributed by atoms with Crippen LogP contribution in [0.1, 0.15) is 22.6 Å². The summed E-state index contributed by atoms with van der Waals surface area (Å²) in [6, 6.07) is 18.9. The molecule has 3 aromatic heterocycles. The number of hydrogen-bond acceptors (Lipinski definition) is 8. The maximum absolute atomic E-state index is 9.47. The Balaban J connectivity index is 1.26. The van der Waals surface area contributed by atoms with Gasteiger partial charge in [0.2, 0.25) is 5.88 Å². The Morgan fingerprint density at radius 3 is 2.59 bits per heavy atom. The predicted octanol–water partition coefficient (Wildman–Crippen LogP) is 5.13. The molecule has 2 aromatic carbocycles. The van der Waals surface area contributed by atoms with Gasteiger partial charge in [-0.05, 0) is 48.9 Å². The molecule has 9 heteroatoms. The first kappa shape index (κ1) is 24.2. The first-order valence-corrected chi connectivity index (χ1v) is 11.8. The van der Waals surface area contributed by atoms with E-state index in [-0.39, 0.29) is 19.8 Å². The Kier molecular flexibility index (Phi) is 7.23. The number of furan rings is 1.